The van der Waals surface area contributed by atoms with Crippen molar-refractivity contribution in [3.63, 3.8) is 0 Å². The lowest BCUT2D eigenvalue weighted by atomic mass is 10.1. The van der Waals surface area contributed by atoms with Crippen molar-refractivity contribution in [3.05, 3.63) is 0 Å². The van der Waals surface area contributed by atoms with Crippen LogP contribution >= 0.6 is 0 Å². The average molecular weight is 389 g/mol. The van der Waals surface area contributed by atoms with Crippen molar-refractivity contribution in [2.45, 2.75) is 115 Å². The summed E-state index contributed by atoms with van der Waals surface area (Å²) in [6, 6.07) is 2.10. The molecule has 1 fully saturated rings. The SMILES string of the molecule is CCCCCCCCCCCCCC[Si]1(OC)CCCC(OC)(OC)O1. The second kappa shape index (κ2) is 14.1. The summed E-state index contributed by atoms with van der Waals surface area (Å²) in [5, 5.41) is 0. The minimum atomic E-state index is -2.18. The fourth-order valence-corrected chi connectivity index (χ4v) is 7.27. The smallest absolute Gasteiger partial charge is 0.342 e. The Morgan fingerprint density at radius 1 is 0.769 bits per heavy atom. The minimum absolute atomic E-state index is 0.788. The second-order valence-electron chi connectivity index (χ2n) is 7.80. The van der Waals surface area contributed by atoms with Gasteiger partial charge in [0.25, 0.3) is 5.97 Å². The van der Waals surface area contributed by atoms with Gasteiger partial charge in [-0.3, -0.25) is 0 Å². The average Bonchev–Trinajstić information content (AvgIpc) is 2.69. The van der Waals surface area contributed by atoms with E-state index in [0.29, 0.717) is 0 Å². The van der Waals surface area contributed by atoms with Crippen LogP contribution in [0.4, 0.5) is 0 Å². The second-order valence-corrected chi connectivity index (χ2v) is 11.2. The number of hydrogen-bond donors (Lipinski definition) is 0. The molecule has 1 rings (SSSR count). The van der Waals surface area contributed by atoms with Gasteiger partial charge in [0, 0.05) is 27.8 Å². The standard InChI is InChI=1S/C21H44O4Si/c1-5-6-7-8-9-10-11-12-13-14-15-16-19-26(24-4)20-17-18-21(22-2,23-3)25-26/h5-20H2,1-4H3. The van der Waals surface area contributed by atoms with E-state index in [2.05, 4.69) is 6.92 Å². The maximum Gasteiger partial charge on any atom is 0.342 e. The molecular formula is C21H44O4Si. The van der Waals surface area contributed by atoms with E-state index in [0.717, 1.165) is 24.9 Å². The van der Waals surface area contributed by atoms with E-state index in [9.17, 15) is 0 Å². The molecule has 5 heteroatoms. The Bertz CT molecular complexity index is 336. The summed E-state index contributed by atoms with van der Waals surface area (Å²) in [4.78, 5) is 0. The van der Waals surface area contributed by atoms with E-state index in [1.165, 1.54) is 77.0 Å². The monoisotopic (exact) mass is 388 g/mol. The van der Waals surface area contributed by atoms with Crippen LogP contribution in [0.3, 0.4) is 0 Å². The van der Waals surface area contributed by atoms with Gasteiger partial charge in [0.1, 0.15) is 0 Å². The molecule has 0 radical (unpaired) electrons. The summed E-state index contributed by atoms with van der Waals surface area (Å²) >= 11 is 0. The lowest BCUT2D eigenvalue weighted by Gasteiger charge is -2.43. The maximum absolute atomic E-state index is 6.28. The first kappa shape index (κ1) is 24.1. The van der Waals surface area contributed by atoms with E-state index in [1.807, 2.05) is 0 Å². The molecule has 1 heterocycles. The molecule has 0 aromatic heterocycles. The van der Waals surface area contributed by atoms with E-state index in [-0.39, 0.29) is 0 Å². The lowest BCUT2D eigenvalue weighted by molar-refractivity contribution is -0.341. The summed E-state index contributed by atoms with van der Waals surface area (Å²) in [7, 11) is 2.94. The number of ether oxygens (including phenoxy) is 2. The molecule has 0 saturated carbocycles. The molecule has 1 unspecified atom stereocenters. The van der Waals surface area contributed by atoms with E-state index < -0.39 is 14.5 Å². The summed E-state index contributed by atoms with van der Waals surface area (Å²) in [6.07, 6.45) is 18.3. The van der Waals surface area contributed by atoms with Crippen molar-refractivity contribution in [1.82, 2.24) is 0 Å². The summed E-state index contributed by atoms with van der Waals surface area (Å²) in [5.41, 5.74) is 0. The molecular weight excluding hydrogens is 344 g/mol. The Morgan fingerprint density at radius 2 is 1.27 bits per heavy atom. The third-order valence-electron chi connectivity index (χ3n) is 5.79. The van der Waals surface area contributed by atoms with Crippen LogP contribution in [0.1, 0.15) is 96.8 Å². The first-order chi connectivity index (χ1) is 12.7. The largest absolute Gasteiger partial charge is 0.397 e. The summed E-state index contributed by atoms with van der Waals surface area (Å²) in [6.45, 7) is 2.28. The molecule has 26 heavy (non-hydrogen) atoms. The van der Waals surface area contributed by atoms with Gasteiger partial charge in [-0.1, -0.05) is 84.0 Å². The van der Waals surface area contributed by atoms with Crippen LogP contribution in [0.2, 0.25) is 12.1 Å². The van der Waals surface area contributed by atoms with Gasteiger partial charge in [-0.25, -0.2) is 0 Å². The van der Waals surface area contributed by atoms with Gasteiger partial charge in [-0.15, -0.1) is 0 Å². The van der Waals surface area contributed by atoms with Crippen LogP contribution < -0.4 is 0 Å². The fraction of sp³-hybridized carbons (Fsp3) is 1.00. The van der Waals surface area contributed by atoms with Crippen molar-refractivity contribution in [2.24, 2.45) is 0 Å². The Morgan fingerprint density at radius 3 is 1.73 bits per heavy atom. The minimum Gasteiger partial charge on any atom is -0.397 e. The summed E-state index contributed by atoms with van der Waals surface area (Å²) < 4.78 is 23.2. The molecule has 0 aromatic rings. The highest BCUT2D eigenvalue weighted by Crippen LogP contribution is 2.38. The van der Waals surface area contributed by atoms with Crippen LogP contribution in [0.5, 0.6) is 0 Å². The predicted octanol–water partition coefficient (Wildman–Crippen LogP) is 6.53. The van der Waals surface area contributed by atoms with Gasteiger partial charge in [-0.05, 0) is 18.5 Å². The Kier molecular flexibility index (Phi) is 13.1. The highest BCUT2D eigenvalue weighted by Gasteiger charge is 2.49. The zero-order valence-corrected chi connectivity index (χ0v) is 18.9. The van der Waals surface area contributed by atoms with Crippen LogP contribution in [-0.2, 0) is 18.3 Å². The van der Waals surface area contributed by atoms with Gasteiger partial charge >= 0.3 is 8.56 Å². The molecule has 1 aliphatic rings. The van der Waals surface area contributed by atoms with Gasteiger partial charge in [0.05, 0.1) is 0 Å². The third-order valence-corrected chi connectivity index (χ3v) is 9.45. The summed E-state index contributed by atoms with van der Waals surface area (Å²) in [5.74, 6) is -0.877. The Balaban J connectivity index is 2.08. The van der Waals surface area contributed by atoms with E-state index in [4.69, 9.17) is 18.3 Å². The van der Waals surface area contributed by atoms with Crippen LogP contribution in [0, 0.1) is 0 Å². The first-order valence-electron chi connectivity index (χ1n) is 11.0. The molecule has 0 spiro atoms. The van der Waals surface area contributed by atoms with Gasteiger partial charge in [0.15, 0.2) is 0 Å². The van der Waals surface area contributed by atoms with Crippen LogP contribution in [0.25, 0.3) is 0 Å². The quantitative estimate of drug-likeness (QED) is 0.171. The topological polar surface area (TPSA) is 36.9 Å². The van der Waals surface area contributed by atoms with Gasteiger partial charge in [-0.2, -0.15) is 0 Å². The maximum atomic E-state index is 6.28. The molecule has 0 amide bonds. The molecule has 1 aliphatic heterocycles. The van der Waals surface area contributed by atoms with Gasteiger partial charge < -0.3 is 18.3 Å². The van der Waals surface area contributed by atoms with Gasteiger partial charge in [0.2, 0.25) is 0 Å². The highest BCUT2D eigenvalue weighted by molar-refractivity contribution is 6.67. The lowest BCUT2D eigenvalue weighted by Crippen LogP contribution is -2.55. The molecule has 1 atom stereocenters. The third kappa shape index (κ3) is 8.83. The normalized spacial score (nSPS) is 22.6. The fourth-order valence-electron chi connectivity index (χ4n) is 3.99. The number of rotatable bonds is 16. The number of hydrogen-bond acceptors (Lipinski definition) is 4. The van der Waals surface area contributed by atoms with Crippen molar-refractivity contribution in [1.29, 1.82) is 0 Å². The number of unbranched alkanes of at least 4 members (excludes halogenated alkanes) is 11. The van der Waals surface area contributed by atoms with Crippen LogP contribution in [-0.4, -0.2) is 35.9 Å². The van der Waals surface area contributed by atoms with E-state index >= 15 is 0 Å². The molecule has 4 nitrogen and oxygen atoms in total. The predicted molar refractivity (Wildman–Crippen MR) is 111 cm³/mol. The van der Waals surface area contributed by atoms with E-state index in [1.54, 1.807) is 21.3 Å². The Hall–Kier alpha value is 0.0569. The van der Waals surface area contributed by atoms with Crippen LogP contribution in [0.15, 0.2) is 0 Å². The molecule has 156 valence electrons. The number of methoxy groups -OCH3 is 2. The zero-order chi connectivity index (χ0) is 19.1. The first-order valence-corrected chi connectivity index (χ1v) is 13.2. The molecule has 0 N–H and O–H groups in total. The molecule has 0 bridgehead atoms. The Labute approximate surface area is 163 Å². The molecule has 0 aromatic carbocycles. The highest BCUT2D eigenvalue weighted by atomic mass is 28.4. The zero-order valence-electron chi connectivity index (χ0n) is 17.9. The van der Waals surface area contributed by atoms with Crippen molar-refractivity contribution >= 4 is 8.56 Å². The van der Waals surface area contributed by atoms with Crippen molar-refractivity contribution < 1.29 is 18.3 Å². The van der Waals surface area contributed by atoms with Crippen molar-refractivity contribution in [3.8, 4) is 0 Å². The molecule has 1 saturated heterocycles. The molecule has 0 aliphatic carbocycles. The van der Waals surface area contributed by atoms with Crippen molar-refractivity contribution in [2.75, 3.05) is 21.3 Å².